The number of nitrogens with zero attached hydrogens (tertiary/aromatic N) is 1. The van der Waals surface area contributed by atoms with Crippen LogP contribution in [0.5, 0.6) is 11.6 Å². The number of nitrogen functional groups attached to an aromatic ring is 1. The molecular weight excluding hydrogens is 214 g/mol. The van der Waals surface area contributed by atoms with E-state index in [1.165, 1.54) is 12.3 Å². The van der Waals surface area contributed by atoms with Gasteiger partial charge >= 0.3 is 0 Å². The molecule has 2 aromatic rings. The highest BCUT2D eigenvalue weighted by atomic mass is 19.1. The fourth-order valence-corrected chi connectivity index (χ4v) is 1.15. The Hall–Kier alpha value is -2.17. The summed E-state index contributed by atoms with van der Waals surface area (Å²) in [7, 11) is 0. The third-order valence-corrected chi connectivity index (χ3v) is 1.87. The molecule has 0 aliphatic rings. The van der Waals surface area contributed by atoms with Gasteiger partial charge in [0.1, 0.15) is 5.82 Å². The molecule has 2 N–H and O–H groups in total. The molecule has 2 rings (SSSR count). The minimum Gasteiger partial charge on any atom is -0.436 e. The first-order valence-corrected chi connectivity index (χ1v) is 4.49. The number of hydrogen-bond acceptors (Lipinski definition) is 3. The molecule has 1 heterocycles. The first-order valence-electron chi connectivity index (χ1n) is 4.49. The number of aromatic nitrogens is 1. The number of nitrogens with two attached hydrogens (primary N) is 1. The molecule has 0 spiro atoms. The van der Waals surface area contributed by atoms with Crippen molar-refractivity contribution in [2.24, 2.45) is 0 Å². The summed E-state index contributed by atoms with van der Waals surface area (Å²) in [4.78, 5) is 3.81. The molecule has 0 fully saturated rings. The highest BCUT2D eigenvalue weighted by molar-refractivity contribution is 5.41. The molecule has 1 aromatic carbocycles. The molecule has 16 heavy (non-hydrogen) atoms. The summed E-state index contributed by atoms with van der Waals surface area (Å²) < 4.78 is 31.1. The number of anilines is 1. The maximum Gasteiger partial charge on any atom is 0.221 e. The van der Waals surface area contributed by atoms with E-state index in [0.717, 1.165) is 18.2 Å². The van der Waals surface area contributed by atoms with Crippen LogP contribution in [0.4, 0.5) is 14.5 Å². The number of benzene rings is 1. The summed E-state index contributed by atoms with van der Waals surface area (Å²) in [5.74, 6) is -1.35. The van der Waals surface area contributed by atoms with Gasteiger partial charge in [-0.3, -0.25) is 0 Å². The number of pyridine rings is 1. The maximum absolute atomic E-state index is 13.2. The number of halogens is 2. The lowest BCUT2D eigenvalue weighted by atomic mass is 10.3. The van der Waals surface area contributed by atoms with Gasteiger partial charge in [-0.1, -0.05) is 0 Å². The zero-order valence-electron chi connectivity index (χ0n) is 8.15. The molecule has 0 aliphatic heterocycles. The van der Waals surface area contributed by atoms with E-state index in [1.54, 1.807) is 6.07 Å². The average Bonchev–Trinajstić information content (AvgIpc) is 2.24. The van der Waals surface area contributed by atoms with Gasteiger partial charge in [0.25, 0.3) is 0 Å². The average molecular weight is 222 g/mol. The Morgan fingerprint density at radius 3 is 2.69 bits per heavy atom. The van der Waals surface area contributed by atoms with Gasteiger partial charge in [0.2, 0.25) is 5.88 Å². The highest BCUT2D eigenvalue weighted by Gasteiger charge is 2.07. The summed E-state index contributed by atoms with van der Waals surface area (Å²) in [6, 6.07) is 5.92. The first-order chi connectivity index (χ1) is 7.65. The van der Waals surface area contributed by atoms with Crippen LogP contribution in [-0.4, -0.2) is 4.98 Å². The van der Waals surface area contributed by atoms with Crippen molar-refractivity contribution >= 4 is 5.69 Å². The van der Waals surface area contributed by atoms with Crippen LogP contribution in [0.2, 0.25) is 0 Å². The van der Waals surface area contributed by atoms with Crippen molar-refractivity contribution in [3.63, 3.8) is 0 Å². The third-order valence-electron chi connectivity index (χ3n) is 1.87. The topological polar surface area (TPSA) is 48.1 Å². The van der Waals surface area contributed by atoms with Crippen molar-refractivity contribution in [3.05, 3.63) is 48.2 Å². The molecule has 3 nitrogen and oxygen atoms in total. The number of rotatable bonds is 2. The van der Waals surface area contributed by atoms with E-state index in [0.29, 0.717) is 5.69 Å². The summed E-state index contributed by atoms with van der Waals surface area (Å²) in [5.41, 5.74) is 5.92. The second-order valence-corrected chi connectivity index (χ2v) is 3.10. The van der Waals surface area contributed by atoms with Crippen molar-refractivity contribution < 1.29 is 13.5 Å². The second kappa shape index (κ2) is 4.14. The third kappa shape index (κ3) is 2.25. The van der Waals surface area contributed by atoms with Gasteiger partial charge in [0.05, 0.1) is 0 Å². The minimum absolute atomic E-state index is 0.115. The van der Waals surface area contributed by atoms with Crippen LogP contribution >= 0.6 is 0 Å². The molecule has 0 unspecified atom stereocenters. The Balaban J connectivity index is 2.30. The molecule has 0 bridgehead atoms. The Kier molecular flexibility index (Phi) is 2.68. The van der Waals surface area contributed by atoms with Crippen molar-refractivity contribution in [3.8, 4) is 11.6 Å². The van der Waals surface area contributed by atoms with Gasteiger partial charge in [-0.05, 0) is 18.2 Å². The molecule has 1 aromatic heterocycles. The van der Waals surface area contributed by atoms with Gasteiger partial charge in [-0.2, -0.15) is 0 Å². The lowest BCUT2D eigenvalue weighted by Crippen LogP contribution is -1.93. The Morgan fingerprint density at radius 1 is 1.12 bits per heavy atom. The normalized spacial score (nSPS) is 10.1. The van der Waals surface area contributed by atoms with E-state index >= 15 is 0 Å². The molecule has 0 radical (unpaired) electrons. The second-order valence-electron chi connectivity index (χ2n) is 3.10. The lowest BCUT2D eigenvalue weighted by Gasteiger charge is -2.05. The SMILES string of the molecule is Nc1ccnc(Oc2cc(F)ccc2F)c1. The molecule has 0 aliphatic carbocycles. The highest BCUT2D eigenvalue weighted by Crippen LogP contribution is 2.24. The molecule has 0 amide bonds. The molecule has 0 atom stereocenters. The van der Waals surface area contributed by atoms with Crippen LogP contribution in [0, 0.1) is 11.6 Å². The largest absolute Gasteiger partial charge is 0.436 e. The number of ether oxygens (including phenoxy) is 1. The summed E-state index contributed by atoms with van der Waals surface area (Å²) in [6.45, 7) is 0. The van der Waals surface area contributed by atoms with E-state index < -0.39 is 11.6 Å². The van der Waals surface area contributed by atoms with Gasteiger partial charge in [-0.15, -0.1) is 0 Å². The molecule has 82 valence electrons. The Labute approximate surface area is 90.5 Å². The minimum atomic E-state index is -0.661. The smallest absolute Gasteiger partial charge is 0.221 e. The standard InChI is InChI=1S/C11H8F2N2O/c12-7-1-2-9(13)10(5-7)16-11-6-8(14)3-4-15-11/h1-6H,(H2,14,15). The Bertz CT molecular complexity index is 517. The monoisotopic (exact) mass is 222 g/mol. The maximum atomic E-state index is 13.2. The number of hydrogen-bond donors (Lipinski definition) is 1. The fourth-order valence-electron chi connectivity index (χ4n) is 1.15. The van der Waals surface area contributed by atoms with Gasteiger partial charge in [0, 0.05) is 24.0 Å². The Morgan fingerprint density at radius 2 is 1.94 bits per heavy atom. The van der Waals surface area contributed by atoms with Crippen LogP contribution < -0.4 is 10.5 Å². The predicted molar refractivity (Wildman–Crippen MR) is 55.1 cm³/mol. The van der Waals surface area contributed by atoms with Crippen molar-refractivity contribution in [2.45, 2.75) is 0 Å². The van der Waals surface area contributed by atoms with Crippen LogP contribution in [-0.2, 0) is 0 Å². The fraction of sp³-hybridized carbons (Fsp3) is 0. The summed E-state index contributed by atoms with van der Waals surface area (Å²) >= 11 is 0. The van der Waals surface area contributed by atoms with Crippen molar-refractivity contribution in [2.75, 3.05) is 5.73 Å². The van der Waals surface area contributed by atoms with Gasteiger partial charge in [-0.25, -0.2) is 13.8 Å². The van der Waals surface area contributed by atoms with Crippen molar-refractivity contribution in [1.29, 1.82) is 0 Å². The summed E-state index contributed by atoms with van der Waals surface area (Å²) in [5, 5.41) is 0. The predicted octanol–water partition coefficient (Wildman–Crippen LogP) is 2.73. The molecule has 5 heteroatoms. The zero-order chi connectivity index (χ0) is 11.5. The van der Waals surface area contributed by atoms with Crippen LogP contribution in [0.1, 0.15) is 0 Å². The first kappa shape index (κ1) is 10.4. The van der Waals surface area contributed by atoms with E-state index in [2.05, 4.69) is 4.98 Å². The van der Waals surface area contributed by atoms with E-state index in [4.69, 9.17) is 10.5 Å². The quantitative estimate of drug-likeness (QED) is 0.849. The molecule has 0 saturated heterocycles. The van der Waals surface area contributed by atoms with Crippen LogP contribution in [0.15, 0.2) is 36.5 Å². The molecular formula is C11H8F2N2O. The van der Waals surface area contributed by atoms with Crippen LogP contribution in [0.25, 0.3) is 0 Å². The zero-order valence-corrected chi connectivity index (χ0v) is 8.15. The van der Waals surface area contributed by atoms with E-state index in [9.17, 15) is 8.78 Å². The molecule has 0 saturated carbocycles. The van der Waals surface area contributed by atoms with Gasteiger partial charge < -0.3 is 10.5 Å². The summed E-state index contributed by atoms with van der Waals surface area (Å²) in [6.07, 6.45) is 1.42. The lowest BCUT2D eigenvalue weighted by molar-refractivity contribution is 0.423. The van der Waals surface area contributed by atoms with E-state index in [-0.39, 0.29) is 11.6 Å². The van der Waals surface area contributed by atoms with Gasteiger partial charge in [0.15, 0.2) is 11.6 Å². The van der Waals surface area contributed by atoms with E-state index in [1.807, 2.05) is 0 Å². The van der Waals surface area contributed by atoms with Crippen LogP contribution in [0.3, 0.4) is 0 Å². The van der Waals surface area contributed by atoms with Crippen molar-refractivity contribution in [1.82, 2.24) is 4.98 Å².